The molecule has 4 aromatic rings. The second-order valence-electron chi connectivity index (χ2n) is 8.33. The van der Waals surface area contributed by atoms with Crippen molar-refractivity contribution in [1.82, 2.24) is 19.2 Å². The molecule has 2 aromatic carbocycles. The molecule has 0 amide bonds. The van der Waals surface area contributed by atoms with E-state index in [2.05, 4.69) is 16.1 Å². The molecule has 0 atom stereocenters. The molecular weight excluding hydrogens is 440 g/mol. The third-order valence-corrected chi connectivity index (χ3v) is 6.48. The van der Waals surface area contributed by atoms with Gasteiger partial charge in [0.05, 0.1) is 36.3 Å². The normalized spacial score (nSPS) is 14.7. The van der Waals surface area contributed by atoms with E-state index in [1.54, 1.807) is 27.4 Å². The van der Waals surface area contributed by atoms with Crippen LogP contribution in [-0.2, 0) is 17.8 Å². The second-order valence-corrected chi connectivity index (χ2v) is 8.76. The summed E-state index contributed by atoms with van der Waals surface area (Å²) in [5.41, 5.74) is 3.73. The smallest absolute Gasteiger partial charge is 0.274 e. The average molecular weight is 465 g/mol. The van der Waals surface area contributed by atoms with Gasteiger partial charge in [-0.3, -0.25) is 24.3 Å². The van der Waals surface area contributed by atoms with Gasteiger partial charge in [-0.1, -0.05) is 41.9 Å². The number of hydrogen-bond acceptors (Lipinski definition) is 4. The van der Waals surface area contributed by atoms with Crippen LogP contribution in [0.3, 0.4) is 0 Å². The highest BCUT2D eigenvalue weighted by Crippen LogP contribution is 2.21. The number of H-pyrrole nitrogens is 1. The van der Waals surface area contributed by atoms with Crippen molar-refractivity contribution in [3.05, 3.63) is 97.1 Å². The minimum absolute atomic E-state index is 0.157. The molecule has 1 fully saturated rings. The highest BCUT2D eigenvalue weighted by Gasteiger charge is 2.18. The molecule has 33 heavy (non-hydrogen) atoms. The number of aryl methyl sites for hydroxylation is 1. The van der Waals surface area contributed by atoms with Gasteiger partial charge in [-0.25, -0.2) is 0 Å². The van der Waals surface area contributed by atoms with Crippen LogP contribution in [0.5, 0.6) is 0 Å². The molecule has 5 rings (SSSR count). The number of nitrogens with zero attached hydrogens (tertiary/aromatic N) is 3. The minimum atomic E-state index is -0.238. The molecular formula is C25H25ClN4O3. The summed E-state index contributed by atoms with van der Waals surface area (Å²) in [5, 5.41) is 3.91. The van der Waals surface area contributed by atoms with Crippen molar-refractivity contribution >= 4 is 22.5 Å². The second kappa shape index (κ2) is 9.02. The number of fused-ring (bicyclic) bond motifs is 1. The van der Waals surface area contributed by atoms with E-state index in [-0.39, 0.29) is 11.1 Å². The van der Waals surface area contributed by atoms with Crippen LogP contribution in [0.2, 0.25) is 5.02 Å². The predicted molar refractivity (Wildman–Crippen MR) is 130 cm³/mol. The van der Waals surface area contributed by atoms with Gasteiger partial charge in [0, 0.05) is 36.4 Å². The SMILES string of the molecule is Cc1c2c(=O)[nH]n(-c3cccc(Cl)c3)c2cc(=O)n1Cc1ccccc1CN1CCOCC1. The number of aromatic amines is 1. The van der Waals surface area contributed by atoms with Crippen LogP contribution in [-0.4, -0.2) is 45.6 Å². The first-order valence-electron chi connectivity index (χ1n) is 11.0. The summed E-state index contributed by atoms with van der Waals surface area (Å²) in [6, 6.07) is 16.8. The van der Waals surface area contributed by atoms with E-state index >= 15 is 0 Å². The molecule has 8 heteroatoms. The Balaban J connectivity index is 1.55. The van der Waals surface area contributed by atoms with Crippen molar-refractivity contribution in [2.24, 2.45) is 0 Å². The zero-order valence-corrected chi connectivity index (χ0v) is 19.1. The minimum Gasteiger partial charge on any atom is -0.379 e. The molecule has 2 aromatic heterocycles. The average Bonchev–Trinajstić information content (AvgIpc) is 3.14. The topological polar surface area (TPSA) is 72.3 Å². The Labute approximate surface area is 195 Å². The first kappa shape index (κ1) is 21.7. The zero-order chi connectivity index (χ0) is 22.9. The lowest BCUT2D eigenvalue weighted by atomic mass is 10.1. The zero-order valence-electron chi connectivity index (χ0n) is 18.4. The van der Waals surface area contributed by atoms with E-state index in [1.165, 1.54) is 11.6 Å². The molecule has 0 unspecified atom stereocenters. The summed E-state index contributed by atoms with van der Waals surface area (Å²) >= 11 is 6.13. The first-order chi connectivity index (χ1) is 16.0. The Morgan fingerprint density at radius 3 is 2.42 bits per heavy atom. The summed E-state index contributed by atoms with van der Waals surface area (Å²) in [6.07, 6.45) is 0. The Morgan fingerprint density at radius 2 is 1.70 bits per heavy atom. The Hall–Kier alpha value is -3.13. The van der Waals surface area contributed by atoms with Gasteiger partial charge in [-0.2, -0.15) is 0 Å². The van der Waals surface area contributed by atoms with Crippen molar-refractivity contribution in [3.63, 3.8) is 0 Å². The number of nitrogens with one attached hydrogen (secondary N) is 1. The summed E-state index contributed by atoms with van der Waals surface area (Å²) in [7, 11) is 0. The number of halogens is 1. The molecule has 0 spiro atoms. The van der Waals surface area contributed by atoms with Gasteiger partial charge in [0.25, 0.3) is 11.1 Å². The van der Waals surface area contributed by atoms with Crippen LogP contribution < -0.4 is 11.1 Å². The molecule has 1 aliphatic heterocycles. The van der Waals surface area contributed by atoms with Gasteiger partial charge in [-0.15, -0.1) is 0 Å². The van der Waals surface area contributed by atoms with Crippen LogP contribution in [0.25, 0.3) is 16.6 Å². The maximum atomic E-state index is 13.2. The number of aromatic nitrogens is 3. The first-order valence-corrected chi connectivity index (χ1v) is 11.4. The molecule has 170 valence electrons. The highest BCUT2D eigenvalue weighted by atomic mass is 35.5. The van der Waals surface area contributed by atoms with E-state index in [1.807, 2.05) is 31.2 Å². The standard InChI is InChI=1S/C25H25ClN4O3/c1-17-24-22(30(27-25(24)32)21-8-4-7-20(26)13-21)14-23(31)29(17)16-19-6-3-2-5-18(19)15-28-9-11-33-12-10-28/h2-8,13-14H,9-12,15-16H2,1H3,(H,27,32). The maximum absolute atomic E-state index is 13.2. The lowest BCUT2D eigenvalue weighted by Crippen LogP contribution is -2.36. The van der Waals surface area contributed by atoms with Crippen molar-refractivity contribution in [2.75, 3.05) is 26.3 Å². The molecule has 0 radical (unpaired) electrons. The molecule has 3 heterocycles. The van der Waals surface area contributed by atoms with Gasteiger partial charge >= 0.3 is 0 Å². The Kier molecular flexibility index (Phi) is 5.93. The predicted octanol–water partition coefficient (Wildman–Crippen LogP) is 3.32. The quantitative estimate of drug-likeness (QED) is 0.492. The van der Waals surface area contributed by atoms with E-state index < -0.39 is 0 Å². The number of ether oxygens (including phenoxy) is 1. The third kappa shape index (κ3) is 4.27. The van der Waals surface area contributed by atoms with Crippen LogP contribution in [0, 0.1) is 6.92 Å². The van der Waals surface area contributed by atoms with Crippen molar-refractivity contribution in [3.8, 4) is 5.69 Å². The van der Waals surface area contributed by atoms with E-state index in [9.17, 15) is 9.59 Å². The summed E-state index contributed by atoms with van der Waals surface area (Å²) in [5.74, 6) is 0. The number of morpholine rings is 1. The van der Waals surface area contributed by atoms with Crippen LogP contribution >= 0.6 is 11.6 Å². The molecule has 0 saturated carbocycles. The van der Waals surface area contributed by atoms with Gasteiger partial charge in [0.15, 0.2) is 0 Å². The van der Waals surface area contributed by atoms with Gasteiger partial charge in [-0.05, 0) is 36.2 Å². The molecule has 7 nitrogen and oxygen atoms in total. The molecule has 1 N–H and O–H groups in total. The summed E-state index contributed by atoms with van der Waals surface area (Å²) in [4.78, 5) is 28.4. The van der Waals surface area contributed by atoms with Gasteiger partial charge in [0.1, 0.15) is 0 Å². The lowest BCUT2D eigenvalue weighted by molar-refractivity contribution is 0.0340. The maximum Gasteiger partial charge on any atom is 0.274 e. The monoisotopic (exact) mass is 464 g/mol. The van der Waals surface area contributed by atoms with E-state index in [4.69, 9.17) is 16.3 Å². The van der Waals surface area contributed by atoms with E-state index in [0.717, 1.165) is 38.4 Å². The fourth-order valence-corrected chi connectivity index (χ4v) is 4.66. The van der Waals surface area contributed by atoms with Crippen LogP contribution in [0.4, 0.5) is 0 Å². The number of rotatable bonds is 5. The fourth-order valence-electron chi connectivity index (χ4n) is 4.48. The molecule has 1 saturated heterocycles. The van der Waals surface area contributed by atoms with Crippen LogP contribution in [0.1, 0.15) is 16.8 Å². The summed E-state index contributed by atoms with van der Waals surface area (Å²) < 4.78 is 8.76. The van der Waals surface area contributed by atoms with Gasteiger partial charge in [0.2, 0.25) is 0 Å². The lowest BCUT2D eigenvalue weighted by Gasteiger charge is -2.27. The summed E-state index contributed by atoms with van der Waals surface area (Å²) in [6.45, 7) is 6.31. The Bertz CT molecular complexity index is 1430. The van der Waals surface area contributed by atoms with Crippen molar-refractivity contribution in [1.29, 1.82) is 0 Å². The highest BCUT2D eigenvalue weighted by molar-refractivity contribution is 6.30. The number of pyridine rings is 1. The molecule has 1 aliphatic rings. The van der Waals surface area contributed by atoms with Crippen molar-refractivity contribution in [2.45, 2.75) is 20.0 Å². The molecule has 0 bridgehead atoms. The molecule has 0 aliphatic carbocycles. The largest absolute Gasteiger partial charge is 0.379 e. The fraction of sp³-hybridized carbons (Fsp3) is 0.280. The van der Waals surface area contributed by atoms with E-state index in [0.29, 0.717) is 33.9 Å². The van der Waals surface area contributed by atoms with Crippen molar-refractivity contribution < 1.29 is 4.74 Å². The van der Waals surface area contributed by atoms with Gasteiger partial charge < -0.3 is 9.30 Å². The number of benzene rings is 2. The number of hydrogen-bond donors (Lipinski definition) is 1. The Morgan fingerprint density at radius 1 is 0.970 bits per heavy atom. The van der Waals surface area contributed by atoms with Crippen LogP contribution in [0.15, 0.2) is 64.2 Å². The third-order valence-electron chi connectivity index (χ3n) is 6.24.